The lowest BCUT2D eigenvalue weighted by Gasteiger charge is -2.25. The second kappa shape index (κ2) is 5.97. The fourth-order valence-electron chi connectivity index (χ4n) is 2.34. The van der Waals surface area contributed by atoms with Crippen LogP contribution >= 0.6 is 11.8 Å². The third kappa shape index (κ3) is 2.74. The molecule has 0 spiro atoms. The average molecular weight is 289 g/mol. The van der Waals surface area contributed by atoms with Crippen LogP contribution in [0, 0.1) is 0 Å². The van der Waals surface area contributed by atoms with Crippen LogP contribution in [0.4, 0.5) is 5.69 Å². The molecule has 2 aliphatic rings. The first-order chi connectivity index (χ1) is 9.79. The van der Waals surface area contributed by atoms with Gasteiger partial charge in [-0.3, -0.25) is 4.99 Å². The average Bonchev–Trinajstić information content (AvgIpc) is 2.70. The minimum atomic E-state index is -0.523. The summed E-state index contributed by atoms with van der Waals surface area (Å²) in [5, 5.41) is 4.39. The number of nitrogens with one attached hydrogen (secondary N) is 1. The number of hydrogen-bond acceptors (Lipinski definition) is 5. The number of rotatable bonds is 2. The van der Waals surface area contributed by atoms with Crippen molar-refractivity contribution >= 4 is 28.3 Å². The molecule has 0 radical (unpaired) electrons. The molecule has 1 aromatic carbocycles. The Kier molecular flexibility index (Phi) is 4.08. The van der Waals surface area contributed by atoms with Crippen LogP contribution in [0.5, 0.6) is 0 Å². The maximum atomic E-state index is 5.96. The van der Waals surface area contributed by atoms with Crippen molar-refractivity contribution in [1.29, 1.82) is 0 Å². The summed E-state index contributed by atoms with van der Waals surface area (Å²) in [6, 6.07) is 10.0. The predicted octanol–water partition coefficient (Wildman–Crippen LogP) is 2.98. The van der Waals surface area contributed by atoms with E-state index in [0.717, 1.165) is 42.5 Å². The molecule has 0 aliphatic carbocycles. The lowest BCUT2D eigenvalue weighted by Crippen LogP contribution is -2.48. The summed E-state index contributed by atoms with van der Waals surface area (Å²) in [7, 11) is 0. The van der Waals surface area contributed by atoms with E-state index < -0.39 is 5.60 Å². The summed E-state index contributed by atoms with van der Waals surface area (Å²) >= 11 is 1.65. The fraction of sp³-hybridized carbons (Fsp3) is 0.467. The van der Waals surface area contributed by atoms with Crippen molar-refractivity contribution in [2.24, 2.45) is 9.98 Å². The second-order valence-electron chi connectivity index (χ2n) is 5.06. The first kappa shape index (κ1) is 13.6. The smallest absolute Gasteiger partial charge is 0.171 e. The standard InChI is InChI=1S/C15H19N3OS/c1-15(13-16-9-5-6-10-17-13)14(20-11-19-15)18-12-7-3-2-4-8-12/h2-4,7-8H,5-6,9-11H2,1H3,(H,16,17). The van der Waals surface area contributed by atoms with Crippen molar-refractivity contribution in [2.75, 3.05) is 19.0 Å². The minimum absolute atomic E-state index is 0.523. The zero-order valence-electron chi connectivity index (χ0n) is 11.6. The van der Waals surface area contributed by atoms with Crippen LogP contribution in [0.2, 0.25) is 0 Å². The molecule has 0 bridgehead atoms. The van der Waals surface area contributed by atoms with Crippen molar-refractivity contribution in [1.82, 2.24) is 5.32 Å². The number of hydrogen-bond donors (Lipinski definition) is 1. The SMILES string of the molecule is CC1(C2=NCCCCN2)OCSC1=Nc1ccccc1. The Bertz CT molecular complexity index is 529. The molecule has 1 saturated heterocycles. The van der Waals surface area contributed by atoms with Gasteiger partial charge in [-0.15, -0.1) is 0 Å². The molecule has 20 heavy (non-hydrogen) atoms. The van der Waals surface area contributed by atoms with Crippen LogP contribution in [-0.2, 0) is 4.74 Å². The summed E-state index contributed by atoms with van der Waals surface area (Å²) in [6.45, 7) is 3.89. The summed E-state index contributed by atoms with van der Waals surface area (Å²) in [5.74, 6) is 1.55. The van der Waals surface area contributed by atoms with Crippen LogP contribution in [-0.4, -0.2) is 35.5 Å². The van der Waals surface area contributed by atoms with Gasteiger partial charge in [0, 0.05) is 13.1 Å². The highest BCUT2D eigenvalue weighted by molar-refractivity contribution is 8.14. The van der Waals surface area contributed by atoms with E-state index in [2.05, 4.69) is 17.2 Å². The van der Waals surface area contributed by atoms with Crippen LogP contribution < -0.4 is 5.32 Å². The molecule has 0 amide bonds. The Morgan fingerprint density at radius 3 is 3.00 bits per heavy atom. The second-order valence-corrected chi connectivity index (χ2v) is 5.97. The molecule has 106 valence electrons. The minimum Gasteiger partial charge on any atom is -0.371 e. The highest BCUT2D eigenvalue weighted by Gasteiger charge is 2.43. The van der Waals surface area contributed by atoms with Gasteiger partial charge in [-0.1, -0.05) is 30.0 Å². The molecule has 3 rings (SSSR count). The number of benzene rings is 1. The van der Waals surface area contributed by atoms with E-state index in [-0.39, 0.29) is 0 Å². The number of para-hydroxylation sites is 1. The summed E-state index contributed by atoms with van der Waals surface area (Å²) in [5.41, 5.74) is 0.436. The lowest BCUT2D eigenvalue weighted by atomic mass is 10.1. The van der Waals surface area contributed by atoms with Crippen LogP contribution in [0.3, 0.4) is 0 Å². The van der Waals surface area contributed by atoms with Crippen molar-refractivity contribution in [3.05, 3.63) is 30.3 Å². The van der Waals surface area contributed by atoms with Gasteiger partial charge >= 0.3 is 0 Å². The monoisotopic (exact) mass is 289 g/mol. The molecule has 2 heterocycles. The molecule has 4 nitrogen and oxygen atoms in total. The molecule has 2 aliphatic heterocycles. The van der Waals surface area contributed by atoms with Gasteiger partial charge in [0.25, 0.3) is 0 Å². The third-order valence-corrected chi connectivity index (χ3v) is 4.53. The molecular formula is C15H19N3OS. The van der Waals surface area contributed by atoms with E-state index in [1.54, 1.807) is 11.8 Å². The quantitative estimate of drug-likeness (QED) is 0.910. The van der Waals surface area contributed by atoms with Crippen molar-refractivity contribution < 1.29 is 4.74 Å². The van der Waals surface area contributed by atoms with Crippen LogP contribution in [0.1, 0.15) is 19.8 Å². The Hall–Kier alpha value is -1.33. The Labute approximate surface area is 123 Å². The number of ether oxygens (including phenoxy) is 1. The highest BCUT2D eigenvalue weighted by atomic mass is 32.2. The topological polar surface area (TPSA) is 46.0 Å². The molecule has 0 aromatic heterocycles. The lowest BCUT2D eigenvalue weighted by molar-refractivity contribution is 0.118. The molecule has 0 saturated carbocycles. The number of thioether (sulfide) groups is 1. The van der Waals surface area contributed by atoms with Crippen molar-refractivity contribution in [3.8, 4) is 0 Å². The van der Waals surface area contributed by atoms with E-state index in [1.807, 2.05) is 30.3 Å². The van der Waals surface area contributed by atoms with Gasteiger partial charge in [-0.25, -0.2) is 4.99 Å². The molecule has 1 fully saturated rings. The van der Waals surface area contributed by atoms with Gasteiger partial charge in [0.1, 0.15) is 10.9 Å². The molecule has 1 aromatic rings. The zero-order valence-corrected chi connectivity index (χ0v) is 12.4. The molecule has 1 atom stereocenters. The van der Waals surface area contributed by atoms with E-state index in [4.69, 9.17) is 9.73 Å². The number of amidine groups is 1. The number of nitrogens with zero attached hydrogens (tertiary/aromatic N) is 2. The highest BCUT2D eigenvalue weighted by Crippen LogP contribution is 2.33. The largest absolute Gasteiger partial charge is 0.371 e. The molecule has 5 heteroatoms. The van der Waals surface area contributed by atoms with Gasteiger partial charge in [-0.05, 0) is 31.9 Å². The van der Waals surface area contributed by atoms with Crippen LogP contribution in [0.15, 0.2) is 40.3 Å². The van der Waals surface area contributed by atoms with E-state index in [1.165, 1.54) is 0 Å². The maximum absolute atomic E-state index is 5.96. The third-order valence-electron chi connectivity index (χ3n) is 3.54. The van der Waals surface area contributed by atoms with Gasteiger partial charge in [0.15, 0.2) is 5.60 Å². The summed E-state index contributed by atoms with van der Waals surface area (Å²) in [4.78, 5) is 9.41. The Morgan fingerprint density at radius 1 is 1.30 bits per heavy atom. The first-order valence-electron chi connectivity index (χ1n) is 6.99. The number of aliphatic imine (C=N–C) groups is 2. The Balaban J connectivity index is 1.91. The molecule has 1 N–H and O–H groups in total. The van der Waals surface area contributed by atoms with Gasteiger partial charge in [0.2, 0.25) is 0 Å². The summed E-state index contributed by atoms with van der Waals surface area (Å²) in [6.07, 6.45) is 2.28. The molecule has 1 unspecified atom stereocenters. The van der Waals surface area contributed by atoms with Gasteiger partial charge in [0.05, 0.1) is 11.6 Å². The maximum Gasteiger partial charge on any atom is 0.171 e. The fourth-order valence-corrected chi connectivity index (χ4v) is 3.35. The van der Waals surface area contributed by atoms with E-state index in [9.17, 15) is 0 Å². The Morgan fingerprint density at radius 2 is 2.15 bits per heavy atom. The normalized spacial score (nSPS) is 28.9. The van der Waals surface area contributed by atoms with Gasteiger partial charge < -0.3 is 10.1 Å². The van der Waals surface area contributed by atoms with E-state index >= 15 is 0 Å². The zero-order chi connectivity index (χ0) is 13.8. The van der Waals surface area contributed by atoms with Crippen LogP contribution in [0.25, 0.3) is 0 Å². The van der Waals surface area contributed by atoms with E-state index in [0.29, 0.717) is 5.94 Å². The van der Waals surface area contributed by atoms with Crippen molar-refractivity contribution in [3.63, 3.8) is 0 Å². The summed E-state index contributed by atoms with van der Waals surface area (Å²) < 4.78 is 5.96. The first-order valence-corrected chi connectivity index (χ1v) is 7.97. The predicted molar refractivity (Wildman–Crippen MR) is 85.0 cm³/mol. The van der Waals surface area contributed by atoms with Crippen molar-refractivity contribution in [2.45, 2.75) is 25.4 Å². The molecular weight excluding hydrogens is 270 g/mol. The van der Waals surface area contributed by atoms with Gasteiger partial charge in [-0.2, -0.15) is 0 Å².